The van der Waals surface area contributed by atoms with Gasteiger partial charge >= 0.3 is 0 Å². The van der Waals surface area contributed by atoms with Crippen LogP contribution in [0.3, 0.4) is 0 Å². The van der Waals surface area contributed by atoms with Gasteiger partial charge in [-0.3, -0.25) is 9.69 Å². The molecule has 0 spiro atoms. The number of likely N-dealkylation sites (tertiary alicyclic amines) is 1. The molecule has 0 saturated carbocycles. The van der Waals surface area contributed by atoms with Crippen LogP contribution in [0.15, 0.2) is 18.9 Å². The fourth-order valence-electron chi connectivity index (χ4n) is 2.32. The van der Waals surface area contributed by atoms with Crippen LogP contribution in [0, 0.1) is 0 Å². The smallest absolute Gasteiger partial charge is 0.163 e. The molecule has 0 radical (unpaired) electrons. The van der Waals surface area contributed by atoms with Crippen molar-refractivity contribution in [1.82, 2.24) is 24.4 Å². The minimum Gasteiger partial charge on any atom is -0.315 e. The quantitative estimate of drug-likeness (QED) is 0.784. The first-order chi connectivity index (χ1) is 8.83. The molecule has 18 heavy (non-hydrogen) atoms. The van der Waals surface area contributed by atoms with Gasteiger partial charge < -0.3 is 4.57 Å². The highest BCUT2D eigenvalue weighted by molar-refractivity contribution is 5.82. The second-order valence-electron chi connectivity index (χ2n) is 4.59. The Balaban J connectivity index is 1.58. The summed E-state index contributed by atoms with van der Waals surface area (Å²) in [6.07, 6.45) is 6.77. The average Bonchev–Trinajstić information content (AvgIpc) is 2.97. The molecule has 2 aromatic rings. The molecule has 1 fully saturated rings. The maximum absolute atomic E-state index is 11.1. The molecule has 1 aliphatic heterocycles. The summed E-state index contributed by atoms with van der Waals surface area (Å²) in [4.78, 5) is 25.8. The van der Waals surface area contributed by atoms with Crippen LogP contribution in [0.2, 0.25) is 0 Å². The number of aromatic nitrogens is 4. The summed E-state index contributed by atoms with van der Waals surface area (Å²) in [7, 11) is 0. The van der Waals surface area contributed by atoms with Gasteiger partial charge in [0.15, 0.2) is 5.65 Å². The van der Waals surface area contributed by atoms with E-state index in [1.165, 1.54) is 0 Å². The summed E-state index contributed by atoms with van der Waals surface area (Å²) >= 11 is 0. The lowest BCUT2D eigenvalue weighted by Gasteiger charge is -2.13. The molecule has 0 N–H and O–H groups in total. The van der Waals surface area contributed by atoms with E-state index in [2.05, 4.69) is 19.9 Å². The van der Waals surface area contributed by atoms with Gasteiger partial charge in [-0.25, -0.2) is 15.0 Å². The summed E-state index contributed by atoms with van der Waals surface area (Å²) in [5.74, 6) is 0.357. The lowest BCUT2D eigenvalue weighted by atomic mass is 10.4. The van der Waals surface area contributed by atoms with E-state index >= 15 is 0 Å². The van der Waals surface area contributed by atoms with Gasteiger partial charge in [0.25, 0.3) is 0 Å². The first-order valence-electron chi connectivity index (χ1n) is 6.18. The number of aryl methyl sites for hydroxylation is 1. The lowest BCUT2D eigenvalue weighted by Crippen LogP contribution is -2.22. The minimum atomic E-state index is 0.357. The average molecular weight is 245 g/mol. The predicted molar refractivity (Wildman–Crippen MR) is 66.0 cm³/mol. The van der Waals surface area contributed by atoms with Crippen molar-refractivity contribution in [2.45, 2.75) is 19.4 Å². The molecule has 6 nitrogen and oxygen atoms in total. The zero-order chi connectivity index (χ0) is 12.4. The second kappa shape index (κ2) is 4.81. The van der Waals surface area contributed by atoms with Crippen LogP contribution < -0.4 is 0 Å². The molecule has 0 bridgehead atoms. The van der Waals surface area contributed by atoms with Crippen LogP contribution >= 0.6 is 0 Å². The number of Topliss-reactive ketones (excluding diaryl/α,β-unsaturated/α-hetero) is 1. The number of hydrogen-bond acceptors (Lipinski definition) is 5. The molecule has 94 valence electrons. The number of hydrogen-bond donors (Lipinski definition) is 0. The number of carbonyl (C=O) groups excluding carboxylic acids is 1. The molecule has 1 aliphatic rings. The van der Waals surface area contributed by atoms with E-state index in [0.717, 1.165) is 37.2 Å². The molecule has 1 saturated heterocycles. The third-order valence-corrected chi connectivity index (χ3v) is 3.26. The summed E-state index contributed by atoms with van der Waals surface area (Å²) in [6.45, 7) is 3.35. The zero-order valence-corrected chi connectivity index (χ0v) is 10.1. The molecule has 3 rings (SSSR count). The Morgan fingerprint density at radius 1 is 1.28 bits per heavy atom. The van der Waals surface area contributed by atoms with E-state index in [0.29, 0.717) is 18.7 Å². The number of imidazole rings is 1. The normalized spacial score (nSPS) is 16.8. The highest BCUT2D eigenvalue weighted by Crippen LogP contribution is 2.09. The molecule has 0 aromatic carbocycles. The van der Waals surface area contributed by atoms with E-state index in [-0.39, 0.29) is 0 Å². The first-order valence-corrected chi connectivity index (χ1v) is 6.18. The first kappa shape index (κ1) is 11.3. The molecule has 2 aromatic heterocycles. The van der Waals surface area contributed by atoms with Crippen LogP contribution in [-0.4, -0.2) is 49.8 Å². The van der Waals surface area contributed by atoms with Gasteiger partial charge in [0.2, 0.25) is 0 Å². The molecule has 0 aliphatic carbocycles. The molecule has 6 heteroatoms. The van der Waals surface area contributed by atoms with Crippen molar-refractivity contribution < 1.29 is 4.79 Å². The summed E-state index contributed by atoms with van der Waals surface area (Å²) in [5.41, 5.74) is 1.70. The Morgan fingerprint density at radius 2 is 2.22 bits per heavy atom. The lowest BCUT2D eigenvalue weighted by molar-refractivity contribution is -0.116. The molecular formula is C12H15N5O. The molecular weight excluding hydrogens is 230 g/mol. The Bertz CT molecular complexity index is 564. The third kappa shape index (κ3) is 2.24. The van der Waals surface area contributed by atoms with E-state index in [1.807, 2.05) is 4.57 Å². The number of ketones is 1. The number of nitrogens with zero attached hydrogens (tertiary/aromatic N) is 5. The predicted octanol–water partition coefficient (Wildman–Crippen LogP) is 0.491. The maximum atomic E-state index is 11.1. The Labute approximate surface area is 105 Å². The highest BCUT2D eigenvalue weighted by Gasteiger charge is 2.18. The van der Waals surface area contributed by atoms with Gasteiger partial charge in [0, 0.05) is 26.1 Å². The topological polar surface area (TPSA) is 63.9 Å². The van der Waals surface area contributed by atoms with Crippen molar-refractivity contribution in [2.75, 3.05) is 19.6 Å². The summed E-state index contributed by atoms with van der Waals surface area (Å²) < 4.78 is 2.04. The molecule has 3 heterocycles. The van der Waals surface area contributed by atoms with Gasteiger partial charge in [0.1, 0.15) is 17.6 Å². The van der Waals surface area contributed by atoms with Crippen LogP contribution in [0.25, 0.3) is 11.2 Å². The van der Waals surface area contributed by atoms with Crippen molar-refractivity contribution in [3.05, 3.63) is 18.9 Å². The van der Waals surface area contributed by atoms with Gasteiger partial charge in [0.05, 0.1) is 19.1 Å². The minimum absolute atomic E-state index is 0.357. The monoisotopic (exact) mass is 245 g/mol. The van der Waals surface area contributed by atoms with Crippen LogP contribution in [-0.2, 0) is 11.3 Å². The number of carbonyl (C=O) groups is 1. The van der Waals surface area contributed by atoms with Crippen LogP contribution in [0.4, 0.5) is 0 Å². The van der Waals surface area contributed by atoms with E-state index in [9.17, 15) is 4.79 Å². The number of fused-ring (bicyclic) bond motifs is 1. The number of rotatable bonds is 4. The Kier molecular flexibility index (Phi) is 3.02. The van der Waals surface area contributed by atoms with E-state index in [1.54, 1.807) is 18.9 Å². The fraction of sp³-hybridized carbons (Fsp3) is 0.500. The van der Waals surface area contributed by atoms with Crippen molar-refractivity contribution in [2.24, 2.45) is 0 Å². The Morgan fingerprint density at radius 3 is 3.06 bits per heavy atom. The Hall–Kier alpha value is -1.82. The van der Waals surface area contributed by atoms with Crippen LogP contribution in [0.5, 0.6) is 0 Å². The van der Waals surface area contributed by atoms with E-state index in [4.69, 9.17) is 0 Å². The van der Waals surface area contributed by atoms with Gasteiger partial charge in [-0.2, -0.15) is 0 Å². The standard InChI is InChI=1S/C12H15N5O/c18-10-2-5-16(7-10)3-1-4-17-9-15-11-6-13-8-14-12(11)17/h6,8-9H,1-5,7H2. The van der Waals surface area contributed by atoms with Crippen molar-refractivity contribution in [1.29, 1.82) is 0 Å². The van der Waals surface area contributed by atoms with Crippen molar-refractivity contribution in [3.63, 3.8) is 0 Å². The van der Waals surface area contributed by atoms with Gasteiger partial charge in [-0.05, 0) is 6.42 Å². The van der Waals surface area contributed by atoms with Crippen molar-refractivity contribution in [3.8, 4) is 0 Å². The largest absolute Gasteiger partial charge is 0.315 e. The van der Waals surface area contributed by atoms with Crippen molar-refractivity contribution >= 4 is 16.9 Å². The van der Waals surface area contributed by atoms with Gasteiger partial charge in [-0.15, -0.1) is 0 Å². The molecule has 0 atom stereocenters. The highest BCUT2D eigenvalue weighted by atomic mass is 16.1. The maximum Gasteiger partial charge on any atom is 0.163 e. The van der Waals surface area contributed by atoms with Crippen LogP contribution in [0.1, 0.15) is 12.8 Å². The fourth-order valence-corrected chi connectivity index (χ4v) is 2.32. The van der Waals surface area contributed by atoms with E-state index < -0.39 is 0 Å². The third-order valence-electron chi connectivity index (χ3n) is 3.26. The molecule has 0 amide bonds. The second-order valence-corrected chi connectivity index (χ2v) is 4.59. The van der Waals surface area contributed by atoms with Gasteiger partial charge in [-0.1, -0.05) is 0 Å². The summed E-state index contributed by atoms with van der Waals surface area (Å²) in [6, 6.07) is 0. The zero-order valence-electron chi connectivity index (χ0n) is 10.1. The SMILES string of the molecule is O=C1CCN(CCCn2cnc3cncnc32)C1. The summed E-state index contributed by atoms with van der Waals surface area (Å²) in [5, 5.41) is 0. The molecule has 0 unspecified atom stereocenters.